The molecule has 1 aliphatic rings. The Bertz CT molecular complexity index is 937. The quantitative estimate of drug-likeness (QED) is 0.841. The summed E-state index contributed by atoms with van der Waals surface area (Å²) in [5.74, 6) is -1.38. The number of sulfone groups is 1. The minimum atomic E-state index is -3.36. The molecule has 2 aromatic carbocycles. The number of carbonyl (C=O) groups excluding carboxylic acids is 1. The van der Waals surface area contributed by atoms with E-state index in [1.807, 2.05) is 19.1 Å². The van der Waals surface area contributed by atoms with Crippen molar-refractivity contribution < 1.29 is 17.6 Å². The Kier molecular flexibility index (Phi) is 4.72. The van der Waals surface area contributed by atoms with Gasteiger partial charge in [0, 0.05) is 11.1 Å². The Labute approximate surface area is 146 Å². The van der Waals surface area contributed by atoms with Crippen LogP contribution in [0.15, 0.2) is 60.0 Å². The summed E-state index contributed by atoms with van der Waals surface area (Å²) in [7, 11) is -3.36. The number of carbonyl (C=O) groups is 1. The molecule has 25 heavy (non-hydrogen) atoms. The summed E-state index contributed by atoms with van der Waals surface area (Å²) in [5.41, 5.74) is 1.42. The second kappa shape index (κ2) is 6.80. The van der Waals surface area contributed by atoms with Crippen molar-refractivity contribution >= 4 is 21.4 Å². The molecule has 2 aromatic rings. The lowest BCUT2D eigenvalue weighted by Crippen LogP contribution is -2.42. The zero-order chi connectivity index (χ0) is 18.0. The molecule has 0 radical (unpaired) electrons. The van der Waals surface area contributed by atoms with E-state index in [2.05, 4.69) is 0 Å². The molecule has 0 saturated heterocycles. The Morgan fingerprint density at radius 2 is 1.84 bits per heavy atom. The average molecular weight is 359 g/mol. The smallest absolute Gasteiger partial charge is 0.261 e. The Hall–Kier alpha value is -2.47. The molecule has 0 spiro atoms. The number of hydrogen-bond acceptors (Lipinski definition) is 3. The van der Waals surface area contributed by atoms with E-state index in [9.17, 15) is 17.6 Å². The normalized spacial score (nSPS) is 18.2. The summed E-state index contributed by atoms with van der Waals surface area (Å²) in [6.45, 7) is 1.95. The lowest BCUT2D eigenvalue weighted by Gasteiger charge is -2.29. The van der Waals surface area contributed by atoms with Gasteiger partial charge in [0.25, 0.3) is 5.91 Å². The molecule has 4 nitrogen and oxygen atoms in total. The van der Waals surface area contributed by atoms with Crippen molar-refractivity contribution in [1.82, 2.24) is 0 Å². The van der Waals surface area contributed by atoms with Gasteiger partial charge in [0.05, 0.1) is 17.4 Å². The summed E-state index contributed by atoms with van der Waals surface area (Å²) < 4.78 is 37.9. The van der Waals surface area contributed by atoms with Crippen LogP contribution in [-0.4, -0.2) is 26.1 Å². The van der Waals surface area contributed by atoms with Crippen molar-refractivity contribution in [2.75, 3.05) is 10.7 Å². The van der Waals surface area contributed by atoms with E-state index in [0.29, 0.717) is 12.1 Å². The van der Waals surface area contributed by atoms with Gasteiger partial charge in [-0.1, -0.05) is 37.3 Å². The average Bonchev–Trinajstić information content (AvgIpc) is 2.95. The maximum atomic E-state index is 14.2. The second-order valence-electron chi connectivity index (χ2n) is 5.86. The van der Waals surface area contributed by atoms with Crippen LogP contribution in [0.2, 0.25) is 0 Å². The maximum Gasteiger partial charge on any atom is 0.261 e. The van der Waals surface area contributed by atoms with Crippen LogP contribution in [0.1, 0.15) is 22.8 Å². The van der Waals surface area contributed by atoms with Crippen LogP contribution in [0.5, 0.6) is 0 Å². The second-order valence-corrected chi connectivity index (χ2v) is 7.79. The molecule has 1 amide bonds. The number of anilines is 1. The molecule has 0 N–H and O–H groups in total. The summed E-state index contributed by atoms with van der Waals surface area (Å²) in [6, 6.07) is 12.3. The largest absolute Gasteiger partial charge is 0.300 e. The molecular weight excluding hydrogens is 341 g/mol. The van der Waals surface area contributed by atoms with Crippen LogP contribution in [0.3, 0.4) is 0 Å². The summed E-state index contributed by atoms with van der Waals surface area (Å²) in [6.07, 6.45) is 2.15. The summed E-state index contributed by atoms with van der Waals surface area (Å²) in [5, 5.41) is 1.12. The lowest BCUT2D eigenvalue weighted by molar-refractivity contribution is 0.0979. The minimum absolute atomic E-state index is 0.0777. The number of aryl methyl sites for hydroxylation is 1. The number of para-hydroxylation sites is 1. The molecule has 0 bridgehead atoms. The predicted octanol–water partition coefficient (Wildman–Crippen LogP) is 3.35. The van der Waals surface area contributed by atoms with Gasteiger partial charge in [-0.05, 0) is 36.3 Å². The third-order valence-electron chi connectivity index (χ3n) is 4.20. The highest BCUT2D eigenvalue weighted by atomic mass is 32.2. The van der Waals surface area contributed by atoms with E-state index in [1.54, 1.807) is 18.2 Å². The summed E-state index contributed by atoms with van der Waals surface area (Å²) >= 11 is 0. The fourth-order valence-electron chi connectivity index (χ4n) is 2.97. The van der Waals surface area contributed by atoms with Gasteiger partial charge in [0.1, 0.15) is 5.82 Å². The van der Waals surface area contributed by atoms with Crippen LogP contribution in [-0.2, 0) is 16.3 Å². The molecular formula is C19H18FNO3S. The van der Waals surface area contributed by atoms with Crippen molar-refractivity contribution in [3.05, 3.63) is 77.0 Å². The van der Waals surface area contributed by atoms with Gasteiger partial charge in [-0.25, -0.2) is 12.8 Å². The Morgan fingerprint density at radius 1 is 1.16 bits per heavy atom. The standard InChI is InChI=1S/C19H18FNO3S/c1-2-14-7-3-6-10-18(14)21(15-11-12-25(23,24)13-15)19(22)16-8-4-5-9-17(16)20/h3-12,15H,2,13H2,1H3/t15-/m1/s1. The van der Waals surface area contributed by atoms with Gasteiger partial charge in [-0.2, -0.15) is 0 Å². The van der Waals surface area contributed by atoms with E-state index in [4.69, 9.17) is 0 Å². The number of rotatable bonds is 4. The highest BCUT2D eigenvalue weighted by molar-refractivity contribution is 7.94. The molecule has 6 heteroatoms. The van der Waals surface area contributed by atoms with Gasteiger partial charge >= 0.3 is 0 Å². The van der Waals surface area contributed by atoms with Gasteiger partial charge in [-0.3, -0.25) is 4.79 Å². The SMILES string of the molecule is CCc1ccccc1N(C(=O)c1ccccc1F)[C@@H]1C=CS(=O)(=O)C1. The molecule has 0 unspecified atom stereocenters. The van der Waals surface area contributed by atoms with Crippen molar-refractivity contribution in [3.8, 4) is 0 Å². The van der Waals surface area contributed by atoms with Crippen LogP contribution in [0.4, 0.5) is 10.1 Å². The highest BCUT2D eigenvalue weighted by Crippen LogP contribution is 2.29. The summed E-state index contributed by atoms with van der Waals surface area (Å²) in [4.78, 5) is 14.5. The van der Waals surface area contributed by atoms with E-state index in [1.165, 1.54) is 29.2 Å². The van der Waals surface area contributed by atoms with Crippen molar-refractivity contribution in [1.29, 1.82) is 0 Å². The predicted molar refractivity (Wildman–Crippen MR) is 95.7 cm³/mol. The van der Waals surface area contributed by atoms with Crippen LogP contribution < -0.4 is 4.90 Å². The van der Waals surface area contributed by atoms with Gasteiger partial charge in [-0.15, -0.1) is 0 Å². The number of benzene rings is 2. The number of amides is 1. The fraction of sp³-hybridized carbons (Fsp3) is 0.211. The number of hydrogen-bond donors (Lipinski definition) is 0. The first kappa shape index (κ1) is 17.4. The van der Waals surface area contributed by atoms with Gasteiger partial charge in [0.15, 0.2) is 9.84 Å². The monoisotopic (exact) mass is 359 g/mol. The first-order chi connectivity index (χ1) is 11.9. The van der Waals surface area contributed by atoms with Gasteiger partial charge in [0.2, 0.25) is 0 Å². The molecule has 130 valence electrons. The van der Waals surface area contributed by atoms with E-state index >= 15 is 0 Å². The zero-order valence-corrected chi connectivity index (χ0v) is 14.5. The first-order valence-electron chi connectivity index (χ1n) is 8.00. The Balaban J connectivity index is 2.11. The van der Waals surface area contributed by atoms with Crippen LogP contribution in [0.25, 0.3) is 0 Å². The molecule has 0 aliphatic carbocycles. The topological polar surface area (TPSA) is 54.5 Å². The molecule has 0 aromatic heterocycles. The molecule has 3 rings (SSSR count). The van der Waals surface area contributed by atoms with E-state index in [-0.39, 0.29) is 11.3 Å². The maximum absolute atomic E-state index is 14.2. The third kappa shape index (κ3) is 3.49. The number of nitrogens with zero attached hydrogens (tertiary/aromatic N) is 1. The number of halogens is 1. The first-order valence-corrected chi connectivity index (χ1v) is 9.71. The molecule has 1 atom stereocenters. The van der Waals surface area contributed by atoms with Crippen molar-refractivity contribution in [2.24, 2.45) is 0 Å². The lowest BCUT2D eigenvalue weighted by atomic mass is 10.1. The van der Waals surface area contributed by atoms with Gasteiger partial charge < -0.3 is 4.90 Å². The van der Waals surface area contributed by atoms with E-state index in [0.717, 1.165) is 11.0 Å². The van der Waals surface area contributed by atoms with Crippen LogP contribution in [0, 0.1) is 5.82 Å². The third-order valence-corrected chi connectivity index (χ3v) is 5.58. The van der Waals surface area contributed by atoms with E-state index < -0.39 is 27.6 Å². The molecule has 1 heterocycles. The minimum Gasteiger partial charge on any atom is -0.300 e. The Morgan fingerprint density at radius 3 is 2.48 bits per heavy atom. The zero-order valence-electron chi connectivity index (χ0n) is 13.7. The fourth-order valence-corrected chi connectivity index (χ4v) is 4.24. The molecule has 0 fully saturated rings. The molecule has 1 aliphatic heterocycles. The van der Waals surface area contributed by atoms with Crippen molar-refractivity contribution in [3.63, 3.8) is 0 Å². The van der Waals surface area contributed by atoms with Crippen LogP contribution >= 0.6 is 0 Å². The van der Waals surface area contributed by atoms with Crippen molar-refractivity contribution in [2.45, 2.75) is 19.4 Å². The molecule has 0 saturated carbocycles. The highest BCUT2D eigenvalue weighted by Gasteiger charge is 2.33.